The van der Waals surface area contributed by atoms with Crippen LogP contribution in [0.5, 0.6) is 0 Å². The van der Waals surface area contributed by atoms with Gasteiger partial charge in [-0.3, -0.25) is 0 Å². The maximum atomic E-state index is 13.3. The number of hydrogen-bond donors (Lipinski definition) is 4. The highest BCUT2D eigenvalue weighted by molar-refractivity contribution is 5.87. The van der Waals surface area contributed by atoms with Crippen LogP contribution < -0.4 is 5.32 Å². The predicted octanol–water partition coefficient (Wildman–Crippen LogP) is 7.99. The van der Waals surface area contributed by atoms with Crippen LogP contribution in [0.2, 0.25) is 0 Å². The third kappa shape index (κ3) is 12.0. The minimum Gasteiger partial charge on any atom is -0.457 e. The summed E-state index contributed by atoms with van der Waals surface area (Å²) in [5, 5.41) is 36.5. The maximum Gasteiger partial charge on any atom is 0.360 e. The Balaban J connectivity index is 1.63. The number of aromatic nitrogens is 2. The minimum absolute atomic E-state index is 0.0395. The zero-order valence-electron chi connectivity index (χ0n) is 33.3. The summed E-state index contributed by atoms with van der Waals surface area (Å²) >= 11 is 0. The SMILES string of the molecule is C/C=C/[C@H](O)C(C)(C)[C@@H]1C/C=C\[C@@H](C)/C(CC)=C/C=C\c2nc(co2)C(O)O[C@H](C(C)(C)[C@@H](O)/C=C/C)C/C=C\[C@H]2N[C@H]2/C=C/C=C\c2nc(co2)C(=O)O1. The molecule has 11 heteroatoms. The predicted molar refractivity (Wildman–Crippen MR) is 214 cm³/mol. The molecule has 0 spiro atoms. The van der Waals surface area contributed by atoms with E-state index in [0.717, 1.165) is 12.0 Å². The van der Waals surface area contributed by atoms with Crippen LogP contribution in [0.1, 0.15) is 109 Å². The zero-order chi connectivity index (χ0) is 40.2. The van der Waals surface area contributed by atoms with Crippen LogP contribution in [0.25, 0.3) is 12.2 Å². The van der Waals surface area contributed by atoms with Gasteiger partial charge >= 0.3 is 5.97 Å². The van der Waals surface area contributed by atoms with Gasteiger partial charge in [-0.1, -0.05) is 126 Å². The molecule has 11 nitrogen and oxygen atoms in total. The van der Waals surface area contributed by atoms with E-state index in [2.05, 4.69) is 35.2 Å². The topological polar surface area (TPSA) is 170 Å². The number of carbonyl (C=O) groups is 1. The molecule has 2 aliphatic rings. The highest BCUT2D eigenvalue weighted by Gasteiger charge is 2.39. The monoisotopic (exact) mass is 757 g/mol. The van der Waals surface area contributed by atoms with Crippen molar-refractivity contribution in [3.05, 3.63) is 120 Å². The number of nitrogens with zero attached hydrogens (tertiary/aromatic N) is 2. The smallest absolute Gasteiger partial charge is 0.360 e. The first-order valence-electron chi connectivity index (χ1n) is 19.1. The van der Waals surface area contributed by atoms with E-state index in [0.29, 0.717) is 18.7 Å². The molecule has 55 heavy (non-hydrogen) atoms. The van der Waals surface area contributed by atoms with Crippen molar-refractivity contribution in [1.29, 1.82) is 0 Å². The number of rotatable bonds is 7. The molecule has 4 heterocycles. The average Bonchev–Trinajstić information content (AvgIpc) is 3.46. The van der Waals surface area contributed by atoms with E-state index in [1.165, 1.54) is 12.5 Å². The first-order valence-corrected chi connectivity index (χ1v) is 19.1. The summed E-state index contributed by atoms with van der Waals surface area (Å²) in [6, 6.07) is 0.213. The summed E-state index contributed by atoms with van der Waals surface area (Å²) in [5.74, 6) is -0.0276. The van der Waals surface area contributed by atoms with E-state index < -0.39 is 47.5 Å². The van der Waals surface area contributed by atoms with Crippen LogP contribution in [0, 0.1) is 16.7 Å². The van der Waals surface area contributed by atoms with Crippen LogP contribution in [0.3, 0.4) is 0 Å². The zero-order valence-corrected chi connectivity index (χ0v) is 33.3. The standard InChI is InChI=1S/C44H59N3O8/c1-9-17-35(48)43(5,6)37-23-14-19-29(4)30(11-3)20-15-26-40-47-34(28-53-40)42(51)55-38(44(7,8)36(49)18-10-2)24-16-22-32-31(45-32)21-12-13-25-39-46-33(27-52-39)41(50)54-37/h9-10,12-22,25-29,31-32,35-38,42,45,48-49,51H,11,23-24H2,1-8H3/b17-9+,18-10+,19-14-,21-12+,22-16-,25-13-,26-15-,30-20+/t29-,31+,32-,35+,36+,37+,38+,42?/m1/s1. The third-order valence-corrected chi connectivity index (χ3v) is 10.3. The van der Waals surface area contributed by atoms with Crippen molar-refractivity contribution in [3.8, 4) is 0 Å². The van der Waals surface area contributed by atoms with Gasteiger partial charge in [0.25, 0.3) is 0 Å². The van der Waals surface area contributed by atoms with Gasteiger partial charge in [0.05, 0.1) is 18.3 Å². The molecular weight excluding hydrogens is 698 g/mol. The van der Waals surface area contributed by atoms with Gasteiger partial charge in [0.15, 0.2) is 5.69 Å². The Morgan fingerprint density at radius 1 is 0.855 bits per heavy atom. The highest BCUT2D eigenvalue weighted by Crippen LogP contribution is 2.35. The Morgan fingerprint density at radius 2 is 1.45 bits per heavy atom. The van der Waals surface area contributed by atoms with Crippen molar-refractivity contribution < 1.29 is 38.4 Å². The molecule has 4 rings (SSSR count). The first-order chi connectivity index (χ1) is 26.2. The number of fused-ring (bicyclic) bond motifs is 5. The van der Waals surface area contributed by atoms with Crippen molar-refractivity contribution in [2.75, 3.05) is 0 Å². The summed E-state index contributed by atoms with van der Waals surface area (Å²) < 4.78 is 23.4. The lowest BCUT2D eigenvalue weighted by Crippen LogP contribution is -2.42. The third-order valence-electron chi connectivity index (χ3n) is 10.3. The number of aliphatic hydroxyl groups is 3. The van der Waals surface area contributed by atoms with Crippen molar-refractivity contribution in [1.82, 2.24) is 15.3 Å². The molecule has 1 fully saturated rings. The van der Waals surface area contributed by atoms with E-state index in [1.807, 2.05) is 84.1 Å². The van der Waals surface area contributed by atoms with Crippen LogP contribution in [0.4, 0.5) is 0 Å². The number of aliphatic hydroxyl groups excluding tert-OH is 3. The van der Waals surface area contributed by atoms with Gasteiger partial charge in [-0.2, -0.15) is 0 Å². The fraction of sp³-hybridized carbons (Fsp3) is 0.477. The van der Waals surface area contributed by atoms with E-state index in [9.17, 15) is 20.1 Å². The quantitative estimate of drug-likeness (QED) is 0.123. The molecule has 2 aromatic rings. The molecule has 4 N–H and O–H groups in total. The number of ether oxygens (including phenoxy) is 2. The first kappa shape index (κ1) is 43.3. The Hall–Kier alpha value is -4.39. The lowest BCUT2D eigenvalue weighted by Gasteiger charge is -2.37. The number of hydrogen-bond acceptors (Lipinski definition) is 11. The second kappa shape index (κ2) is 20.0. The fourth-order valence-electron chi connectivity index (χ4n) is 6.21. The summed E-state index contributed by atoms with van der Waals surface area (Å²) in [6.07, 6.45) is 27.9. The van der Waals surface area contributed by atoms with Gasteiger partial charge < -0.3 is 38.9 Å². The van der Waals surface area contributed by atoms with Crippen LogP contribution in [0.15, 0.2) is 106 Å². The minimum atomic E-state index is -1.38. The second-order valence-corrected chi connectivity index (χ2v) is 15.2. The Labute approximate surface area is 325 Å². The summed E-state index contributed by atoms with van der Waals surface area (Å²) in [7, 11) is 0. The summed E-state index contributed by atoms with van der Waals surface area (Å²) in [4.78, 5) is 22.1. The van der Waals surface area contributed by atoms with Crippen molar-refractivity contribution in [2.24, 2.45) is 16.7 Å². The normalized spacial score (nSPS) is 30.1. The van der Waals surface area contributed by atoms with Crippen LogP contribution >= 0.6 is 0 Å². The van der Waals surface area contributed by atoms with Crippen LogP contribution in [-0.2, 0) is 9.47 Å². The molecule has 1 saturated heterocycles. The van der Waals surface area contributed by atoms with Crippen molar-refractivity contribution in [2.45, 2.75) is 117 Å². The number of carbonyl (C=O) groups excluding carboxylic acids is 1. The molecule has 1 unspecified atom stereocenters. The van der Waals surface area contributed by atoms with Crippen LogP contribution in [-0.4, -0.2) is 67.8 Å². The maximum absolute atomic E-state index is 13.3. The van der Waals surface area contributed by atoms with E-state index in [-0.39, 0.29) is 35.3 Å². The molecule has 2 aliphatic heterocycles. The van der Waals surface area contributed by atoms with Gasteiger partial charge in [0.2, 0.25) is 18.1 Å². The van der Waals surface area contributed by atoms with Gasteiger partial charge in [-0.25, -0.2) is 14.8 Å². The molecule has 0 saturated carbocycles. The number of cyclic esters (lactones) is 1. The van der Waals surface area contributed by atoms with E-state index >= 15 is 0 Å². The lowest BCUT2D eigenvalue weighted by atomic mass is 9.78. The molecule has 0 aliphatic carbocycles. The number of oxazole rings is 2. The van der Waals surface area contributed by atoms with Crippen molar-refractivity contribution in [3.63, 3.8) is 0 Å². The largest absolute Gasteiger partial charge is 0.457 e. The molecule has 0 aromatic carbocycles. The van der Waals surface area contributed by atoms with Gasteiger partial charge in [-0.05, 0) is 32.6 Å². The van der Waals surface area contributed by atoms with E-state index in [4.69, 9.17) is 18.3 Å². The van der Waals surface area contributed by atoms with Gasteiger partial charge in [0.1, 0.15) is 24.3 Å². The Morgan fingerprint density at radius 3 is 2.15 bits per heavy atom. The molecule has 0 radical (unpaired) electrons. The molecule has 298 valence electrons. The number of esters is 1. The molecule has 4 bridgehead atoms. The lowest BCUT2D eigenvalue weighted by molar-refractivity contribution is -0.183. The molecule has 0 amide bonds. The second-order valence-electron chi connectivity index (χ2n) is 15.2. The Bertz CT molecular complexity index is 1790. The molecule has 2 aromatic heterocycles. The number of nitrogens with one attached hydrogen (secondary N) is 1. The van der Waals surface area contributed by atoms with E-state index in [1.54, 1.807) is 42.5 Å². The molecule has 8 atom stereocenters. The summed E-state index contributed by atoms with van der Waals surface area (Å²) in [6.45, 7) is 15.4. The van der Waals surface area contributed by atoms with Gasteiger partial charge in [-0.15, -0.1) is 0 Å². The average molecular weight is 758 g/mol. The summed E-state index contributed by atoms with van der Waals surface area (Å²) in [5.41, 5.74) is -0.167. The number of allylic oxidation sites excluding steroid dienone is 8. The Kier molecular flexibility index (Phi) is 15.7. The highest BCUT2D eigenvalue weighted by atomic mass is 16.6. The fourth-order valence-corrected chi connectivity index (χ4v) is 6.21. The molecular formula is C44H59N3O8. The van der Waals surface area contributed by atoms with Gasteiger partial charge in [0, 0.05) is 41.5 Å². The van der Waals surface area contributed by atoms with Crippen molar-refractivity contribution >= 4 is 18.1 Å².